The first-order chi connectivity index (χ1) is 7.72. The van der Waals surface area contributed by atoms with Gasteiger partial charge < -0.3 is 10.6 Å². The van der Waals surface area contributed by atoms with E-state index in [1.165, 1.54) is 51.7 Å². The zero-order chi connectivity index (χ0) is 12.2. The SMILES string of the molecule is CC1CCNC1C.CCCCCNCCC. The normalized spacial score (nSPS) is 24.0. The molecule has 0 aliphatic carbocycles. The van der Waals surface area contributed by atoms with Crippen LogP contribution >= 0.6 is 0 Å². The molecular formula is C14H32N2. The first-order valence-electron chi connectivity index (χ1n) is 7.16. The van der Waals surface area contributed by atoms with Gasteiger partial charge in [0, 0.05) is 6.04 Å². The summed E-state index contributed by atoms with van der Waals surface area (Å²) in [4.78, 5) is 0. The van der Waals surface area contributed by atoms with Crippen LogP contribution in [0.3, 0.4) is 0 Å². The molecule has 0 aromatic rings. The van der Waals surface area contributed by atoms with Crippen LogP contribution in [0.1, 0.15) is 59.8 Å². The highest BCUT2D eigenvalue weighted by molar-refractivity contribution is 4.75. The van der Waals surface area contributed by atoms with Gasteiger partial charge in [-0.25, -0.2) is 0 Å². The van der Waals surface area contributed by atoms with Crippen LogP contribution in [-0.2, 0) is 0 Å². The summed E-state index contributed by atoms with van der Waals surface area (Å²) in [6.45, 7) is 12.6. The van der Waals surface area contributed by atoms with Gasteiger partial charge in [-0.2, -0.15) is 0 Å². The predicted octanol–water partition coefficient (Wildman–Crippen LogP) is 3.18. The van der Waals surface area contributed by atoms with Gasteiger partial charge in [-0.05, 0) is 51.7 Å². The van der Waals surface area contributed by atoms with E-state index in [2.05, 4.69) is 38.3 Å². The van der Waals surface area contributed by atoms with E-state index in [1.54, 1.807) is 0 Å². The van der Waals surface area contributed by atoms with E-state index in [4.69, 9.17) is 0 Å². The van der Waals surface area contributed by atoms with Crippen LogP contribution in [0.2, 0.25) is 0 Å². The zero-order valence-electron chi connectivity index (χ0n) is 11.8. The summed E-state index contributed by atoms with van der Waals surface area (Å²) < 4.78 is 0. The fraction of sp³-hybridized carbons (Fsp3) is 1.00. The molecule has 1 aliphatic rings. The summed E-state index contributed by atoms with van der Waals surface area (Å²) in [6.07, 6.45) is 6.66. The summed E-state index contributed by atoms with van der Waals surface area (Å²) in [5.41, 5.74) is 0. The van der Waals surface area contributed by atoms with Gasteiger partial charge in [-0.3, -0.25) is 0 Å². The second-order valence-corrected chi connectivity index (χ2v) is 4.97. The Bertz CT molecular complexity index is 123. The van der Waals surface area contributed by atoms with Crippen molar-refractivity contribution in [2.24, 2.45) is 5.92 Å². The Balaban J connectivity index is 0.000000288. The van der Waals surface area contributed by atoms with Crippen molar-refractivity contribution >= 4 is 0 Å². The lowest BCUT2D eigenvalue weighted by atomic mass is 10.1. The lowest BCUT2D eigenvalue weighted by molar-refractivity contribution is 0.519. The molecule has 2 atom stereocenters. The topological polar surface area (TPSA) is 24.1 Å². The van der Waals surface area contributed by atoms with Crippen molar-refractivity contribution in [1.29, 1.82) is 0 Å². The van der Waals surface area contributed by atoms with Gasteiger partial charge >= 0.3 is 0 Å². The Hall–Kier alpha value is -0.0800. The van der Waals surface area contributed by atoms with Crippen molar-refractivity contribution in [3.05, 3.63) is 0 Å². The number of unbranched alkanes of at least 4 members (excludes halogenated alkanes) is 2. The number of rotatable bonds is 6. The maximum absolute atomic E-state index is 3.37. The van der Waals surface area contributed by atoms with Crippen molar-refractivity contribution in [2.75, 3.05) is 19.6 Å². The van der Waals surface area contributed by atoms with E-state index in [0.29, 0.717) is 0 Å². The number of hydrogen-bond acceptors (Lipinski definition) is 2. The van der Waals surface area contributed by atoms with E-state index in [-0.39, 0.29) is 0 Å². The van der Waals surface area contributed by atoms with Crippen molar-refractivity contribution in [1.82, 2.24) is 10.6 Å². The first-order valence-corrected chi connectivity index (χ1v) is 7.16. The van der Waals surface area contributed by atoms with Crippen LogP contribution in [-0.4, -0.2) is 25.7 Å². The maximum atomic E-state index is 3.37. The molecule has 1 fully saturated rings. The monoisotopic (exact) mass is 228 g/mol. The highest BCUT2D eigenvalue weighted by atomic mass is 14.9. The molecule has 16 heavy (non-hydrogen) atoms. The lowest BCUT2D eigenvalue weighted by Crippen LogP contribution is -2.20. The fourth-order valence-corrected chi connectivity index (χ4v) is 1.79. The molecule has 2 nitrogen and oxygen atoms in total. The predicted molar refractivity (Wildman–Crippen MR) is 73.9 cm³/mol. The van der Waals surface area contributed by atoms with E-state index in [9.17, 15) is 0 Å². The lowest BCUT2D eigenvalue weighted by Gasteiger charge is -2.05. The molecular weight excluding hydrogens is 196 g/mol. The third-order valence-electron chi connectivity index (χ3n) is 3.30. The number of hydrogen-bond donors (Lipinski definition) is 2. The van der Waals surface area contributed by atoms with Crippen molar-refractivity contribution < 1.29 is 0 Å². The summed E-state index contributed by atoms with van der Waals surface area (Å²) in [5, 5.41) is 6.74. The smallest absolute Gasteiger partial charge is 0.00648 e. The molecule has 2 heteroatoms. The molecule has 2 N–H and O–H groups in total. The van der Waals surface area contributed by atoms with Gasteiger partial charge in [-0.1, -0.05) is 33.6 Å². The molecule has 1 heterocycles. The van der Waals surface area contributed by atoms with Crippen molar-refractivity contribution in [3.63, 3.8) is 0 Å². The third-order valence-corrected chi connectivity index (χ3v) is 3.30. The summed E-state index contributed by atoms with van der Waals surface area (Å²) >= 11 is 0. The Morgan fingerprint density at radius 1 is 1.06 bits per heavy atom. The van der Waals surface area contributed by atoms with Gasteiger partial charge in [-0.15, -0.1) is 0 Å². The Morgan fingerprint density at radius 3 is 2.19 bits per heavy atom. The summed E-state index contributed by atoms with van der Waals surface area (Å²) in [5.74, 6) is 0.903. The van der Waals surface area contributed by atoms with E-state index < -0.39 is 0 Å². The molecule has 98 valence electrons. The van der Waals surface area contributed by atoms with Crippen LogP contribution in [0.25, 0.3) is 0 Å². The molecule has 1 rings (SSSR count). The minimum Gasteiger partial charge on any atom is -0.317 e. The number of nitrogens with one attached hydrogen (secondary N) is 2. The van der Waals surface area contributed by atoms with Gasteiger partial charge in [0.15, 0.2) is 0 Å². The average molecular weight is 228 g/mol. The minimum absolute atomic E-state index is 0.764. The highest BCUT2D eigenvalue weighted by Crippen LogP contribution is 2.12. The quantitative estimate of drug-likeness (QED) is 0.682. The van der Waals surface area contributed by atoms with Gasteiger partial charge in [0.2, 0.25) is 0 Å². The van der Waals surface area contributed by atoms with Crippen molar-refractivity contribution in [2.45, 2.75) is 65.8 Å². The molecule has 1 saturated heterocycles. The third kappa shape index (κ3) is 9.17. The van der Waals surface area contributed by atoms with E-state index >= 15 is 0 Å². The highest BCUT2D eigenvalue weighted by Gasteiger charge is 2.16. The van der Waals surface area contributed by atoms with Gasteiger partial charge in [0.1, 0.15) is 0 Å². The minimum atomic E-state index is 0.764. The summed E-state index contributed by atoms with van der Waals surface area (Å²) in [6, 6.07) is 0.764. The molecule has 2 unspecified atom stereocenters. The maximum Gasteiger partial charge on any atom is 0.00648 e. The molecule has 0 amide bonds. The van der Waals surface area contributed by atoms with Gasteiger partial charge in [0.25, 0.3) is 0 Å². The fourth-order valence-electron chi connectivity index (χ4n) is 1.79. The Labute approximate surface area is 103 Å². The Morgan fingerprint density at radius 2 is 1.81 bits per heavy atom. The van der Waals surface area contributed by atoms with E-state index in [1.807, 2.05) is 0 Å². The van der Waals surface area contributed by atoms with Crippen LogP contribution in [0.4, 0.5) is 0 Å². The molecule has 0 spiro atoms. The van der Waals surface area contributed by atoms with Gasteiger partial charge in [0.05, 0.1) is 0 Å². The summed E-state index contributed by atoms with van der Waals surface area (Å²) in [7, 11) is 0. The Kier molecular flexibility index (Phi) is 11.3. The molecule has 0 aromatic carbocycles. The van der Waals surface area contributed by atoms with E-state index in [0.717, 1.165) is 12.0 Å². The largest absolute Gasteiger partial charge is 0.317 e. The first kappa shape index (κ1) is 15.9. The van der Waals surface area contributed by atoms with Crippen LogP contribution < -0.4 is 10.6 Å². The second-order valence-electron chi connectivity index (χ2n) is 4.97. The van der Waals surface area contributed by atoms with Crippen LogP contribution in [0.5, 0.6) is 0 Å². The van der Waals surface area contributed by atoms with Crippen LogP contribution in [0, 0.1) is 5.92 Å². The molecule has 0 aromatic heterocycles. The molecule has 0 saturated carbocycles. The molecule has 1 aliphatic heterocycles. The molecule has 0 bridgehead atoms. The average Bonchev–Trinajstić information content (AvgIpc) is 2.64. The van der Waals surface area contributed by atoms with Crippen molar-refractivity contribution in [3.8, 4) is 0 Å². The second kappa shape index (κ2) is 11.4. The van der Waals surface area contributed by atoms with Crippen LogP contribution in [0.15, 0.2) is 0 Å². The zero-order valence-corrected chi connectivity index (χ0v) is 11.8. The molecule has 0 radical (unpaired) electrons. The standard InChI is InChI=1S/C8H19N.C6H13N/c1-3-5-6-8-9-7-4-2;1-5-3-4-7-6(5)2/h9H,3-8H2,1-2H3;5-7H,3-4H2,1-2H3.